The lowest BCUT2D eigenvalue weighted by Gasteiger charge is -2.42. The van der Waals surface area contributed by atoms with Crippen LogP contribution in [0.2, 0.25) is 0 Å². The first-order chi connectivity index (χ1) is 6.95. The van der Waals surface area contributed by atoms with E-state index >= 15 is 0 Å². The number of ether oxygens (including phenoxy) is 1. The predicted molar refractivity (Wildman–Crippen MR) is 47.2 cm³/mol. The standard InChI is InChI=1S/C9H11NO5/c1-3(11)5-7(12)10-6(9(13)14)4(2)15-8(5)10/h3,5,8,11H,1-2H3,(H,13,14)/t3-,5-,8-/m1/s1. The third-order valence-corrected chi connectivity index (χ3v) is 2.68. The van der Waals surface area contributed by atoms with Crippen molar-refractivity contribution in [2.45, 2.75) is 26.2 Å². The topological polar surface area (TPSA) is 87.1 Å². The van der Waals surface area contributed by atoms with E-state index in [1.807, 2.05) is 0 Å². The second kappa shape index (κ2) is 2.96. The Morgan fingerprint density at radius 2 is 2.20 bits per heavy atom. The fourth-order valence-electron chi connectivity index (χ4n) is 1.95. The molecule has 0 aromatic rings. The Bertz CT molecular complexity index is 373. The molecule has 6 heteroatoms. The molecular formula is C9H11NO5. The summed E-state index contributed by atoms with van der Waals surface area (Å²) in [4.78, 5) is 23.4. The molecule has 2 aliphatic heterocycles. The van der Waals surface area contributed by atoms with E-state index in [2.05, 4.69) is 0 Å². The van der Waals surface area contributed by atoms with E-state index < -0.39 is 30.1 Å². The number of nitrogens with zero attached hydrogens (tertiary/aromatic N) is 1. The molecule has 3 atom stereocenters. The molecular weight excluding hydrogens is 202 g/mol. The summed E-state index contributed by atoms with van der Waals surface area (Å²) in [5.41, 5.74) is -0.123. The summed E-state index contributed by atoms with van der Waals surface area (Å²) >= 11 is 0. The summed E-state index contributed by atoms with van der Waals surface area (Å²) in [5.74, 6) is -2.03. The van der Waals surface area contributed by atoms with E-state index in [1.165, 1.54) is 13.8 Å². The first-order valence-electron chi connectivity index (χ1n) is 4.57. The van der Waals surface area contributed by atoms with Gasteiger partial charge in [0.15, 0.2) is 11.9 Å². The van der Waals surface area contributed by atoms with Crippen molar-refractivity contribution in [2.24, 2.45) is 5.92 Å². The first-order valence-corrected chi connectivity index (χ1v) is 4.57. The van der Waals surface area contributed by atoms with Gasteiger partial charge < -0.3 is 14.9 Å². The van der Waals surface area contributed by atoms with Crippen molar-refractivity contribution < 1.29 is 24.5 Å². The number of allylic oxidation sites excluding steroid dienone is 1. The molecule has 1 fully saturated rings. The summed E-state index contributed by atoms with van der Waals surface area (Å²) in [7, 11) is 0. The Morgan fingerprint density at radius 3 is 2.67 bits per heavy atom. The number of aliphatic hydroxyl groups excluding tert-OH is 1. The fraction of sp³-hybridized carbons (Fsp3) is 0.556. The van der Waals surface area contributed by atoms with Gasteiger partial charge in [0, 0.05) is 0 Å². The van der Waals surface area contributed by atoms with Crippen LogP contribution in [0.1, 0.15) is 13.8 Å². The summed E-state index contributed by atoms with van der Waals surface area (Å²) in [6.45, 7) is 2.98. The lowest BCUT2D eigenvalue weighted by atomic mass is 9.91. The van der Waals surface area contributed by atoms with Crippen molar-refractivity contribution in [3.8, 4) is 0 Å². The molecule has 0 aliphatic carbocycles. The van der Waals surface area contributed by atoms with E-state index in [0.717, 1.165) is 4.90 Å². The highest BCUT2D eigenvalue weighted by Gasteiger charge is 2.58. The molecule has 0 aromatic heterocycles. The average molecular weight is 213 g/mol. The molecule has 82 valence electrons. The summed E-state index contributed by atoms with van der Waals surface area (Å²) < 4.78 is 5.22. The Labute approximate surface area is 85.7 Å². The van der Waals surface area contributed by atoms with Crippen molar-refractivity contribution >= 4 is 11.9 Å². The predicted octanol–water partition coefficient (Wildman–Crippen LogP) is -0.502. The number of hydrogen-bond acceptors (Lipinski definition) is 4. The van der Waals surface area contributed by atoms with E-state index in [4.69, 9.17) is 9.84 Å². The van der Waals surface area contributed by atoms with Crippen LogP contribution >= 0.6 is 0 Å². The average Bonchev–Trinajstić information content (AvgIpc) is 2.38. The van der Waals surface area contributed by atoms with Crippen molar-refractivity contribution in [3.05, 3.63) is 11.5 Å². The first kappa shape index (κ1) is 9.97. The number of aliphatic carboxylic acids is 1. The van der Waals surface area contributed by atoms with Crippen LogP contribution in [0.4, 0.5) is 0 Å². The van der Waals surface area contributed by atoms with Crippen LogP contribution in [0.5, 0.6) is 0 Å². The van der Waals surface area contributed by atoms with Gasteiger partial charge in [-0.3, -0.25) is 9.69 Å². The van der Waals surface area contributed by atoms with Gasteiger partial charge in [0.1, 0.15) is 11.7 Å². The van der Waals surface area contributed by atoms with Gasteiger partial charge in [0.2, 0.25) is 5.91 Å². The maximum Gasteiger partial charge on any atom is 0.356 e. The molecule has 0 aromatic carbocycles. The van der Waals surface area contributed by atoms with Crippen LogP contribution in [-0.2, 0) is 14.3 Å². The highest BCUT2D eigenvalue weighted by atomic mass is 16.5. The second-order valence-corrected chi connectivity index (χ2v) is 3.69. The van der Waals surface area contributed by atoms with E-state index in [0.29, 0.717) is 0 Å². The summed E-state index contributed by atoms with van der Waals surface area (Å²) in [6.07, 6.45) is -1.48. The second-order valence-electron chi connectivity index (χ2n) is 3.69. The zero-order valence-electron chi connectivity index (χ0n) is 8.30. The minimum absolute atomic E-state index is 0.123. The number of rotatable bonds is 2. The minimum Gasteiger partial charge on any atom is -0.476 e. The quantitative estimate of drug-likeness (QED) is 0.604. The third kappa shape index (κ3) is 1.14. The number of carbonyl (C=O) groups is 2. The summed E-state index contributed by atoms with van der Waals surface area (Å²) in [5, 5.41) is 18.2. The molecule has 2 N–H and O–H groups in total. The molecule has 6 nitrogen and oxygen atoms in total. The molecule has 0 bridgehead atoms. The van der Waals surface area contributed by atoms with Gasteiger partial charge in [-0.05, 0) is 13.8 Å². The smallest absolute Gasteiger partial charge is 0.356 e. The Balaban J connectivity index is 2.27. The molecule has 2 rings (SSSR count). The molecule has 2 heterocycles. The monoisotopic (exact) mass is 213 g/mol. The van der Waals surface area contributed by atoms with E-state index in [1.54, 1.807) is 0 Å². The number of β-lactam (4-membered cyclic amide) rings is 1. The van der Waals surface area contributed by atoms with Crippen LogP contribution in [-0.4, -0.2) is 39.3 Å². The van der Waals surface area contributed by atoms with Crippen molar-refractivity contribution in [2.75, 3.05) is 0 Å². The van der Waals surface area contributed by atoms with Crippen LogP contribution < -0.4 is 0 Å². The zero-order valence-corrected chi connectivity index (χ0v) is 8.30. The Kier molecular flexibility index (Phi) is 1.97. The van der Waals surface area contributed by atoms with Gasteiger partial charge in [0.05, 0.1) is 6.10 Å². The lowest BCUT2D eigenvalue weighted by Crippen LogP contribution is -2.62. The van der Waals surface area contributed by atoms with Gasteiger partial charge in [0.25, 0.3) is 0 Å². The van der Waals surface area contributed by atoms with Crippen molar-refractivity contribution in [1.29, 1.82) is 0 Å². The van der Waals surface area contributed by atoms with Crippen molar-refractivity contribution in [1.82, 2.24) is 4.90 Å². The molecule has 0 radical (unpaired) electrons. The van der Waals surface area contributed by atoms with E-state index in [9.17, 15) is 14.7 Å². The number of hydrogen-bond donors (Lipinski definition) is 2. The van der Waals surface area contributed by atoms with Crippen LogP contribution in [0.15, 0.2) is 11.5 Å². The van der Waals surface area contributed by atoms with Crippen LogP contribution in [0.25, 0.3) is 0 Å². The highest BCUT2D eigenvalue weighted by molar-refractivity contribution is 5.98. The highest BCUT2D eigenvalue weighted by Crippen LogP contribution is 2.41. The molecule has 0 saturated carbocycles. The number of carbonyl (C=O) groups excluding carboxylic acids is 1. The van der Waals surface area contributed by atoms with Gasteiger partial charge in [-0.15, -0.1) is 0 Å². The van der Waals surface area contributed by atoms with E-state index in [-0.39, 0.29) is 11.5 Å². The number of carboxylic acid groups (broad SMARTS) is 1. The molecule has 15 heavy (non-hydrogen) atoms. The third-order valence-electron chi connectivity index (χ3n) is 2.68. The minimum atomic E-state index is -1.19. The SMILES string of the molecule is CC1=C(C(=O)O)N2C(=O)[C@@H]([C@@H](C)O)[C@H]2O1. The number of aliphatic hydroxyl groups is 1. The molecule has 0 unspecified atom stereocenters. The van der Waals surface area contributed by atoms with Crippen molar-refractivity contribution in [3.63, 3.8) is 0 Å². The normalized spacial score (nSPS) is 30.9. The number of carboxylic acids is 1. The van der Waals surface area contributed by atoms with Gasteiger partial charge in [-0.1, -0.05) is 0 Å². The van der Waals surface area contributed by atoms with Gasteiger partial charge >= 0.3 is 5.97 Å². The molecule has 0 spiro atoms. The van der Waals surface area contributed by atoms with Crippen LogP contribution in [0.3, 0.4) is 0 Å². The molecule has 1 saturated heterocycles. The van der Waals surface area contributed by atoms with Crippen LogP contribution in [0, 0.1) is 5.92 Å². The number of amides is 1. The Morgan fingerprint density at radius 1 is 1.60 bits per heavy atom. The Hall–Kier alpha value is -1.56. The summed E-state index contributed by atoms with van der Waals surface area (Å²) in [6, 6.07) is 0. The maximum atomic E-state index is 11.5. The zero-order chi connectivity index (χ0) is 11.3. The molecule has 1 amide bonds. The number of fused-ring (bicyclic) bond motifs is 1. The van der Waals surface area contributed by atoms with Gasteiger partial charge in [-0.25, -0.2) is 4.79 Å². The van der Waals surface area contributed by atoms with Gasteiger partial charge in [-0.2, -0.15) is 0 Å². The molecule has 2 aliphatic rings. The maximum absolute atomic E-state index is 11.5. The fourth-order valence-corrected chi connectivity index (χ4v) is 1.95. The lowest BCUT2D eigenvalue weighted by molar-refractivity contribution is -0.181. The largest absolute Gasteiger partial charge is 0.476 e.